The summed E-state index contributed by atoms with van der Waals surface area (Å²) in [5.74, 6) is 1.28. The first-order chi connectivity index (χ1) is 11.3. The summed E-state index contributed by atoms with van der Waals surface area (Å²) in [6.07, 6.45) is 0. The molecular formula is C16H16ClN5S2. The molecule has 0 spiro atoms. The van der Waals surface area contributed by atoms with E-state index in [9.17, 15) is 0 Å². The molecule has 124 valence electrons. The highest BCUT2D eigenvalue weighted by Gasteiger charge is 2.33. The monoisotopic (exact) mass is 377 g/mol. The van der Waals surface area contributed by atoms with Gasteiger partial charge in [0.2, 0.25) is 0 Å². The Morgan fingerprint density at radius 1 is 1.38 bits per heavy atom. The van der Waals surface area contributed by atoms with Gasteiger partial charge in [-0.3, -0.25) is 0 Å². The van der Waals surface area contributed by atoms with Crippen molar-refractivity contribution in [3.63, 3.8) is 0 Å². The normalized spacial score (nSPS) is 16.5. The molecule has 0 saturated heterocycles. The standard InChI is InChI=1S/C16H16ClN5S2/c1-8(24-15-20-9(6-18)4-12(19)22-15)11-5-10-13(14(17)21-11)23-7-16(10,2)3/h4-5,8H,7H2,1-3H3,(H2,19,20,22). The molecule has 8 heteroatoms. The average molecular weight is 378 g/mol. The number of nitrogens with zero attached hydrogens (tertiary/aromatic N) is 4. The summed E-state index contributed by atoms with van der Waals surface area (Å²) >= 11 is 9.55. The molecule has 2 N–H and O–H groups in total. The van der Waals surface area contributed by atoms with Gasteiger partial charge >= 0.3 is 0 Å². The van der Waals surface area contributed by atoms with E-state index in [1.807, 2.05) is 13.0 Å². The summed E-state index contributed by atoms with van der Waals surface area (Å²) < 4.78 is 0. The number of rotatable bonds is 3. The second-order valence-electron chi connectivity index (χ2n) is 6.22. The Morgan fingerprint density at radius 3 is 2.83 bits per heavy atom. The topological polar surface area (TPSA) is 88.5 Å². The van der Waals surface area contributed by atoms with Crippen molar-refractivity contribution < 1.29 is 0 Å². The van der Waals surface area contributed by atoms with Crippen LogP contribution in [0, 0.1) is 11.3 Å². The molecule has 1 aliphatic heterocycles. The van der Waals surface area contributed by atoms with Gasteiger partial charge in [0.05, 0.1) is 10.9 Å². The minimum Gasteiger partial charge on any atom is -0.384 e. The summed E-state index contributed by atoms with van der Waals surface area (Å²) in [5.41, 5.74) is 8.18. The lowest BCUT2D eigenvalue weighted by atomic mass is 9.87. The van der Waals surface area contributed by atoms with Gasteiger partial charge in [-0.15, -0.1) is 11.8 Å². The molecule has 3 heterocycles. The van der Waals surface area contributed by atoms with Gasteiger partial charge in [-0.1, -0.05) is 37.2 Å². The quantitative estimate of drug-likeness (QED) is 0.486. The molecule has 24 heavy (non-hydrogen) atoms. The summed E-state index contributed by atoms with van der Waals surface area (Å²) in [4.78, 5) is 14.0. The molecule has 5 nitrogen and oxygen atoms in total. The molecule has 1 atom stereocenters. The van der Waals surface area contributed by atoms with Gasteiger partial charge in [0.25, 0.3) is 0 Å². The number of nitriles is 1. The van der Waals surface area contributed by atoms with E-state index in [4.69, 9.17) is 22.6 Å². The minimum absolute atomic E-state index is 0.0115. The largest absolute Gasteiger partial charge is 0.384 e. The fourth-order valence-electron chi connectivity index (χ4n) is 2.47. The van der Waals surface area contributed by atoms with Crippen LogP contribution in [-0.2, 0) is 5.41 Å². The lowest BCUT2D eigenvalue weighted by molar-refractivity contribution is 0.602. The maximum absolute atomic E-state index is 9.00. The number of hydrogen-bond acceptors (Lipinski definition) is 7. The number of halogens is 1. The zero-order valence-electron chi connectivity index (χ0n) is 13.5. The maximum atomic E-state index is 9.00. The highest BCUT2D eigenvalue weighted by Crippen LogP contribution is 2.47. The molecule has 3 rings (SSSR count). The van der Waals surface area contributed by atoms with E-state index < -0.39 is 0 Å². The predicted octanol–water partition coefficient (Wildman–Crippen LogP) is 4.22. The summed E-state index contributed by atoms with van der Waals surface area (Å²) in [5, 5.41) is 10.0. The first-order valence-corrected chi connectivity index (χ1v) is 9.59. The van der Waals surface area contributed by atoms with Gasteiger partial charge < -0.3 is 5.73 Å². The van der Waals surface area contributed by atoms with Crippen molar-refractivity contribution >= 4 is 40.9 Å². The molecule has 2 aromatic rings. The first kappa shape index (κ1) is 17.3. The number of nitrogens with two attached hydrogens (primary N) is 1. The number of thioether (sulfide) groups is 2. The number of pyridine rings is 1. The van der Waals surface area contributed by atoms with E-state index in [-0.39, 0.29) is 22.2 Å². The smallest absolute Gasteiger partial charge is 0.191 e. The molecule has 0 radical (unpaired) electrons. The van der Waals surface area contributed by atoms with E-state index in [1.165, 1.54) is 23.4 Å². The van der Waals surface area contributed by atoms with Gasteiger partial charge in [0.1, 0.15) is 22.7 Å². The van der Waals surface area contributed by atoms with Crippen LogP contribution in [0.25, 0.3) is 0 Å². The third-order valence-corrected chi connectivity index (χ3v) is 6.74. The fourth-order valence-corrected chi connectivity index (χ4v) is 5.02. The molecule has 1 unspecified atom stereocenters. The number of hydrogen-bond donors (Lipinski definition) is 1. The van der Waals surface area contributed by atoms with Crippen LogP contribution >= 0.6 is 35.1 Å². The van der Waals surface area contributed by atoms with Crippen LogP contribution in [0.5, 0.6) is 0 Å². The van der Waals surface area contributed by atoms with E-state index in [2.05, 4.69) is 34.9 Å². The van der Waals surface area contributed by atoms with Crippen LogP contribution in [0.1, 0.15) is 43.0 Å². The highest BCUT2D eigenvalue weighted by atomic mass is 35.5. The highest BCUT2D eigenvalue weighted by molar-refractivity contribution is 8.00. The molecule has 1 aliphatic rings. The van der Waals surface area contributed by atoms with Crippen molar-refractivity contribution in [2.45, 2.75) is 41.5 Å². The maximum Gasteiger partial charge on any atom is 0.191 e. The van der Waals surface area contributed by atoms with Crippen LogP contribution in [0.2, 0.25) is 5.15 Å². The van der Waals surface area contributed by atoms with E-state index >= 15 is 0 Å². The third-order valence-electron chi connectivity index (χ3n) is 3.80. The molecule has 2 aromatic heterocycles. The Balaban J connectivity index is 1.92. The fraction of sp³-hybridized carbons (Fsp3) is 0.375. The van der Waals surface area contributed by atoms with Crippen molar-refractivity contribution in [2.75, 3.05) is 11.5 Å². The SMILES string of the molecule is CC(Sc1nc(N)cc(C#N)n1)c1cc2c(c(Cl)n1)SCC2(C)C. The number of aromatic nitrogens is 3. The Kier molecular flexibility index (Phi) is 4.65. The Labute approximate surface area is 154 Å². The second kappa shape index (κ2) is 6.43. The minimum atomic E-state index is -0.0115. The first-order valence-electron chi connectivity index (χ1n) is 7.35. The summed E-state index contributed by atoms with van der Waals surface area (Å²) in [7, 11) is 0. The van der Waals surface area contributed by atoms with Crippen molar-refractivity contribution in [2.24, 2.45) is 0 Å². The summed E-state index contributed by atoms with van der Waals surface area (Å²) in [6, 6.07) is 5.57. The average Bonchev–Trinajstić information content (AvgIpc) is 2.82. The van der Waals surface area contributed by atoms with Gasteiger partial charge in [-0.25, -0.2) is 15.0 Å². The number of nitrogen functional groups attached to an aromatic ring is 1. The Hall–Kier alpha value is -1.49. The zero-order valence-corrected chi connectivity index (χ0v) is 15.9. The molecule has 0 amide bonds. The molecule has 0 aliphatic carbocycles. The molecule has 0 saturated carbocycles. The summed E-state index contributed by atoms with van der Waals surface area (Å²) in [6.45, 7) is 6.44. The van der Waals surface area contributed by atoms with E-state index in [0.717, 1.165) is 16.3 Å². The number of anilines is 1. The predicted molar refractivity (Wildman–Crippen MR) is 98.4 cm³/mol. The van der Waals surface area contributed by atoms with Crippen LogP contribution in [0.15, 0.2) is 22.2 Å². The molecule has 0 bridgehead atoms. The van der Waals surface area contributed by atoms with Crippen molar-refractivity contribution in [3.05, 3.63) is 34.2 Å². The third kappa shape index (κ3) is 3.32. The van der Waals surface area contributed by atoms with Crippen LogP contribution < -0.4 is 5.73 Å². The van der Waals surface area contributed by atoms with Gasteiger partial charge in [0, 0.05) is 22.1 Å². The van der Waals surface area contributed by atoms with Crippen LogP contribution in [0.3, 0.4) is 0 Å². The second-order valence-corrected chi connectivity index (χ2v) is 8.87. The molecule has 0 aromatic carbocycles. The van der Waals surface area contributed by atoms with E-state index in [1.54, 1.807) is 11.8 Å². The van der Waals surface area contributed by atoms with Crippen molar-refractivity contribution in [3.8, 4) is 6.07 Å². The van der Waals surface area contributed by atoms with Gasteiger partial charge in [-0.2, -0.15) is 5.26 Å². The lowest BCUT2D eigenvalue weighted by Crippen LogP contribution is -2.16. The molecule has 0 fully saturated rings. The lowest BCUT2D eigenvalue weighted by Gasteiger charge is -2.20. The Morgan fingerprint density at radius 2 is 2.12 bits per heavy atom. The van der Waals surface area contributed by atoms with Crippen molar-refractivity contribution in [1.29, 1.82) is 5.26 Å². The Bertz CT molecular complexity index is 847. The number of fused-ring (bicyclic) bond motifs is 1. The zero-order chi connectivity index (χ0) is 17.5. The van der Waals surface area contributed by atoms with Gasteiger partial charge in [0.15, 0.2) is 5.16 Å². The van der Waals surface area contributed by atoms with E-state index in [0.29, 0.717) is 10.3 Å². The van der Waals surface area contributed by atoms with Gasteiger partial charge in [-0.05, 0) is 18.6 Å². The van der Waals surface area contributed by atoms with Crippen LogP contribution in [0.4, 0.5) is 5.82 Å². The van der Waals surface area contributed by atoms with Crippen LogP contribution in [-0.4, -0.2) is 20.7 Å². The van der Waals surface area contributed by atoms with Crippen molar-refractivity contribution in [1.82, 2.24) is 15.0 Å². The molecular weight excluding hydrogens is 362 g/mol.